The van der Waals surface area contributed by atoms with Gasteiger partial charge < -0.3 is 44.7 Å². The number of amides is 1. The number of aliphatic hydroxyl groups excluding tert-OH is 1. The van der Waals surface area contributed by atoms with Crippen LogP contribution in [-0.2, 0) is 26.4 Å². The number of pyridine rings is 1. The predicted molar refractivity (Wildman–Crippen MR) is 211 cm³/mol. The minimum Gasteiger partial charge on any atom is -0.506 e. The van der Waals surface area contributed by atoms with Crippen molar-refractivity contribution in [1.29, 1.82) is 0 Å². The molecule has 0 bridgehead atoms. The van der Waals surface area contributed by atoms with E-state index in [1.54, 1.807) is 24.3 Å². The molecule has 0 saturated heterocycles. The number of fused-ring (bicyclic) bond motifs is 1. The normalized spacial score (nSPS) is 19.2. The lowest BCUT2D eigenvalue weighted by Gasteiger charge is -2.36. The number of hydrogen-bond acceptors (Lipinski definition) is 12. The summed E-state index contributed by atoms with van der Waals surface area (Å²) in [6.45, 7) is 1.09. The quantitative estimate of drug-likeness (QED) is 0.0755. The van der Waals surface area contributed by atoms with Crippen LogP contribution in [0.15, 0.2) is 58.7 Å². The zero-order chi connectivity index (χ0) is 39.1. The van der Waals surface area contributed by atoms with E-state index in [-0.39, 0.29) is 59.6 Å². The van der Waals surface area contributed by atoms with E-state index < -0.39 is 23.8 Å². The summed E-state index contributed by atoms with van der Waals surface area (Å²) in [7, 11) is 3.48. The highest BCUT2D eigenvalue weighted by atomic mass is 35.5. The van der Waals surface area contributed by atoms with Crippen molar-refractivity contribution in [3.63, 3.8) is 0 Å². The van der Waals surface area contributed by atoms with E-state index in [0.29, 0.717) is 52.2 Å². The number of hydrogen-bond donors (Lipinski definition) is 6. The number of thiophene rings is 1. The summed E-state index contributed by atoms with van der Waals surface area (Å²) in [5.74, 6) is -0.276. The molecular formula is C40H49ClN4O9S. The third kappa shape index (κ3) is 9.45. The van der Waals surface area contributed by atoms with Crippen molar-refractivity contribution in [2.75, 3.05) is 39.2 Å². The van der Waals surface area contributed by atoms with Crippen molar-refractivity contribution in [3.8, 4) is 11.5 Å². The van der Waals surface area contributed by atoms with Crippen LogP contribution in [0.4, 0.5) is 10.5 Å². The molecule has 15 heteroatoms. The summed E-state index contributed by atoms with van der Waals surface area (Å²) >= 11 is 7.93. The summed E-state index contributed by atoms with van der Waals surface area (Å²) in [4.78, 5) is 43.3. The molecule has 2 fully saturated rings. The molecule has 6 N–H and O–H groups in total. The maximum Gasteiger partial charge on any atom is 0.411 e. The number of esters is 1. The van der Waals surface area contributed by atoms with E-state index in [9.17, 15) is 29.7 Å². The minimum atomic E-state index is -1.59. The van der Waals surface area contributed by atoms with E-state index in [2.05, 4.69) is 20.5 Å². The first-order chi connectivity index (χ1) is 26.5. The van der Waals surface area contributed by atoms with E-state index in [4.69, 9.17) is 25.8 Å². The second kappa shape index (κ2) is 18.2. The zero-order valence-corrected chi connectivity index (χ0v) is 32.6. The van der Waals surface area contributed by atoms with Crippen molar-refractivity contribution in [2.24, 2.45) is 5.92 Å². The van der Waals surface area contributed by atoms with Crippen molar-refractivity contribution in [2.45, 2.75) is 81.8 Å². The molecule has 13 nitrogen and oxygen atoms in total. The highest BCUT2D eigenvalue weighted by molar-refractivity contribution is 7.10. The Balaban J connectivity index is 0.935. The van der Waals surface area contributed by atoms with Gasteiger partial charge in [0.15, 0.2) is 5.60 Å². The van der Waals surface area contributed by atoms with Crippen LogP contribution in [0, 0.1) is 5.92 Å². The number of ether oxygens (including phenoxy) is 3. The van der Waals surface area contributed by atoms with Gasteiger partial charge in [0.1, 0.15) is 24.2 Å². The number of benzene rings is 2. The van der Waals surface area contributed by atoms with Crippen LogP contribution in [0.3, 0.4) is 0 Å². The molecule has 2 aromatic heterocycles. The van der Waals surface area contributed by atoms with Gasteiger partial charge in [-0.25, -0.2) is 9.59 Å². The van der Waals surface area contributed by atoms with Crippen LogP contribution < -0.4 is 20.9 Å². The number of halogens is 1. The van der Waals surface area contributed by atoms with Crippen molar-refractivity contribution < 1.29 is 39.1 Å². The molecule has 0 unspecified atom stereocenters. The first-order valence-electron chi connectivity index (χ1n) is 18.7. The minimum absolute atomic E-state index is 0.0867. The Kier molecular flexibility index (Phi) is 13.4. The monoisotopic (exact) mass is 796 g/mol. The van der Waals surface area contributed by atoms with Crippen molar-refractivity contribution in [1.82, 2.24) is 15.2 Å². The Morgan fingerprint density at radius 1 is 1.09 bits per heavy atom. The van der Waals surface area contributed by atoms with Crippen LogP contribution in [0.2, 0.25) is 5.02 Å². The second-order valence-electron chi connectivity index (χ2n) is 14.4. The van der Waals surface area contributed by atoms with Gasteiger partial charge in [0.05, 0.1) is 29.4 Å². The fraction of sp³-hybridized carbons (Fsp3) is 0.475. The number of phenols is 1. The van der Waals surface area contributed by atoms with Crippen molar-refractivity contribution in [3.05, 3.63) is 85.3 Å². The molecule has 2 atom stereocenters. The molecule has 0 spiro atoms. The molecule has 1 amide bonds. The molecule has 296 valence electrons. The topological polar surface area (TPSA) is 183 Å². The zero-order valence-electron chi connectivity index (χ0n) is 31.0. The summed E-state index contributed by atoms with van der Waals surface area (Å²) in [5, 5.41) is 41.3. The van der Waals surface area contributed by atoms with Crippen LogP contribution in [0.25, 0.3) is 10.9 Å². The van der Waals surface area contributed by atoms with E-state index in [0.717, 1.165) is 38.5 Å². The number of rotatable bonds is 15. The van der Waals surface area contributed by atoms with E-state index >= 15 is 0 Å². The number of aliphatic hydroxyl groups is 2. The first kappa shape index (κ1) is 40.5. The average molecular weight is 797 g/mol. The van der Waals surface area contributed by atoms with Gasteiger partial charge in [-0.2, -0.15) is 0 Å². The highest BCUT2D eigenvalue weighted by Crippen LogP contribution is 2.44. The van der Waals surface area contributed by atoms with E-state index in [1.807, 2.05) is 24.6 Å². The third-order valence-electron chi connectivity index (χ3n) is 10.9. The highest BCUT2D eigenvalue weighted by Gasteiger charge is 2.49. The number of carbonyl (C=O) groups is 2. The van der Waals surface area contributed by atoms with Gasteiger partial charge in [0.25, 0.3) is 0 Å². The maximum atomic E-state index is 13.4. The lowest BCUT2D eigenvalue weighted by Crippen LogP contribution is -2.45. The maximum absolute atomic E-state index is 13.4. The van der Waals surface area contributed by atoms with Crippen LogP contribution >= 0.6 is 22.9 Å². The molecule has 0 radical (unpaired) electrons. The molecule has 6 rings (SSSR count). The number of nitrogens with zero attached hydrogens (tertiary/aromatic N) is 1. The molecule has 55 heavy (non-hydrogen) atoms. The third-order valence-corrected chi connectivity index (χ3v) is 12.2. The second-order valence-corrected chi connectivity index (χ2v) is 15.7. The first-order valence-corrected chi connectivity index (χ1v) is 19.9. The Morgan fingerprint density at radius 3 is 2.56 bits per heavy atom. The standard InChI is InChI=1S/C40H49ClN4O9S/c1-45(26-9-11-27(12-10-26)54-38(49)40(51,25-6-3-4-7-25)35-8-5-19-55-35)17-18-53-39(50)43-31-21-34(52-2)24(20-30(31)41)22-42-23-33(47)28-13-15-32(46)37-29(28)14-16-36(48)44-37/h5,8,13-16,19-21,25-27,33,42,46-47,51H,3-4,6-7,9-12,17-18,22-23H2,1-2H3,(H,43,50)(H,44,48)/t26?,27?,33-,40+/m0/s1. The number of methoxy groups -OCH3 is 1. The molecular weight excluding hydrogens is 748 g/mol. The van der Waals surface area contributed by atoms with Gasteiger partial charge in [-0.05, 0) is 80.8 Å². The average Bonchev–Trinajstić information content (AvgIpc) is 3.93. The number of aromatic amines is 1. The Bertz CT molecular complexity index is 2000. The fourth-order valence-electron chi connectivity index (χ4n) is 7.79. The van der Waals surface area contributed by atoms with Crippen LogP contribution in [-0.4, -0.2) is 83.3 Å². The lowest BCUT2D eigenvalue weighted by atomic mass is 9.84. The number of phenolic OH excluding ortho intramolecular Hbond substituents is 1. The number of H-pyrrole nitrogens is 1. The molecule has 2 aliphatic rings. The number of aromatic hydroxyl groups is 1. The van der Waals surface area contributed by atoms with Gasteiger partial charge in [-0.15, -0.1) is 11.3 Å². The van der Waals surface area contributed by atoms with Gasteiger partial charge in [-0.1, -0.05) is 36.6 Å². The number of anilines is 1. The summed E-state index contributed by atoms with van der Waals surface area (Å²) in [5.41, 5.74) is -0.149. The smallest absolute Gasteiger partial charge is 0.411 e. The largest absolute Gasteiger partial charge is 0.506 e. The molecule has 0 aliphatic heterocycles. The Hall–Kier alpha value is -4.18. The van der Waals surface area contributed by atoms with Gasteiger partial charge in [0.2, 0.25) is 5.56 Å². The van der Waals surface area contributed by atoms with Gasteiger partial charge in [-0.3, -0.25) is 10.1 Å². The molecule has 2 aromatic carbocycles. The molecule has 2 aliphatic carbocycles. The van der Waals surface area contributed by atoms with Crippen LogP contribution in [0.5, 0.6) is 11.5 Å². The van der Waals surface area contributed by atoms with Crippen molar-refractivity contribution >= 4 is 51.6 Å². The lowest BCUT2D eigenvalue weighted by molar-refractivity contribution is -0.180. The molecule has 2 heterocycles. The number of likely N-dealkylation sites (N-methyl/N-ethyl adjacent to an activating group) is 1. The summed E-state index contributed by atoms with van der Waals surface area (Å²) in [6, 6.07) is 13.1. The Labute approximate surface area is 328 Å². The molecule has 2 saturated carbocycles. The van der Waals surface area contributed by atoms with E-state index in [1.165, 1.54) is 30.6 Å². The molecule has 4 aromatic rings. The SMILES string of the molecule is COc1cc(NC(=O)OCCN(C)C2CCC(OC(=O)[C@](O)(c3cccs3)C3CCCC3)CC2)c(Cl)cc1CNC[C@H](O)c1ccc(O)c2[nH]c(=O)ccc12. The summed E-state index contributed by atoms with van der Waals surface area (Å²) in [6.07, 6.45) is 4.79. The van der Waals surface area contributed by atoms with Gasteiger partial charge >= 0.3 is 12.1 Å². The predicted octanol–water partition coefficient (Wildman–Crippen LogP) is 6.19. The fourth-order valence-corrected chi connectivity index (χ4v) is 8.91. The Morgan fingerprint density at radius 2 is 1.85 bits per heavy atom. The number of aromatic nitrogens is 1. The van der Waals surface area contributed by atoms with Crippen LogP contribution in [0.1, 0.15) is 73.5 Å². The van der Waals surface area contributed by atoms with Gasteiger partial charge in [0, 0.05) is 59.6 Å². The number of nitrogens with one attached hydrogen (secondary N) is 3. The summed E-state index contributed by atoms with van der Waals surface area (Å²) < 4.78 is 17.0. The number of carbonyl (C=O) groups excluding carboxylic acids is 2.